The summed E-state index contributed by atoms with van der Waals surface area (Å²) in [5.41, 5.74) is -0.680. The Bertz CT molecular complexity index is 420. The first-order chi connectivity index (χ1) is 8.93. The van der Waals surface area contributed by atoms with Crippen LogP contribution in [0.2, 0.25) is 0 Å². The van der Waals surface area contributed by atoms with Crippen molar-refractivity contribution in [3.8, 4) is 0 Å². The van der Waals surface area contributed by atoms with E-state index in [9.17, 15) is 0 Å². The second kappa shape index (κ2) is 5.21. The summed E-state index contributed by atoms with van der Waals surface area (Å²) in [7, 11) is 3.63. The number of nitrogens with zero attached hydrogens (tertiary/aromatic N) is 2. The smallest absolute Gasteiger partial charge is 0.246 e. The van der Waals surface area contributed by atoms with Crippen LogP contribution in [0.5, 0.6) is 0 Å². The van der Waals surface area contributed by atoms with Crippen LogP contribution in [0.15, 0.2) is 4.52 Å². The summed E-state index contributed by atoms with van der Waals surface area (Å²) in [4.78, 5) is 4.58. The molecule has 1 aromatic heterocycles. The van der Waals surface area contributed by atoms with Crippen LogP contribution < -0.4 is 5.32 Å². The van der Waals surface area contributed by atoms with Crippen molar-refractivity contribution in [1.82, 2.24) is 15.5 Å². The lowest BCUT2D eigenvalue weighted by Gasteiger charge is -2.35. The van der Waals surface area contributed by atoms with Gasteiger partial charge in [-0.1, -0.05) is 12.1 Å². The minimum Gasteiger partial charge on any atom is -0.370 e. The molecular formula is C14H25N3O2. The Morgan fingerprint density at radius 3 is 2.53 bits per heavy atom. The number of hydrogen-bond acceptors (Lipinski definition) is 5. The average Bonchev–Trinajstić information content (AvgIpc) is 2.91. The highest BCUT2D eigenvalue weighted by molar-refractivity contribution is 5.07. The van der Waals surface area contributed by atoms with E-state index in [2.05, 4.69) is 22.4 Å². The first kappa shape index (κ1) is 14.5. The maximum Gasteiger partial charge on any atom is 0.246 e. The maximum atomic E-state index is 5.77. The molecule has 5 heteroatoms. The van der Waals surface area contributed by atoms with E-state index in [0.29, 0.717) is 11.7 Å². The molecule has 19 heavy (non-hydrogen) atoms. The number of ether oxygens (including phenoxy) is 1. The fourth-order valence-electron chi connectivity index (χ4n) is 2.52. The molecule has 0 bridgehead atoms. The molecule has 0 amide bonds. The summed E-state index contributed by atoms with van der Waals surface area (Å²) < 4.78 is 11.2. The van der Waals surface area contributed by atoms with Gasteiger partial charge in [-0.15, -0.1) is 0 Å². The van der Waals surface area contributed by atoms with Gasteiger partial charge in [0.1, 0.15) is 5.60 Å². The van der Waals surface area contributed by atoms with Crippen molar-refractivity contribution in [3.05, 3.63) is 11.7 Å². The Labute approximate surface area is 115 Å². The van der Waals surface area contributed by atoms with E-state index in [1.807, 2.05) is 20.9 Å². The number of methoxy groups -OCH3 is 1. The SMILES string of the molecule is CNC(C)(C)c1nc(C2(OC)CCC(C)CC2)no1. The second-order valence-electron chi connectivity index (χ2n) is 6.18. The molecule has 1 heterocycles. The van der Waals surface area contributed by atoms with Gasteiger partial charge in [0.15, 0.2) is 0 Å². The van der Waals surface area contributed by atoms with Crippen LogP contribution in [-0.4, -0.2) is 24.3 Å². The molecule has 1 aliphatic rings. The van der Waals surface area contributed by atoms with Crippen LogP contribution >= 0.6 is 0 Å². The van der Waals surface area contributed by atoms with Gasteiger partial charge in [0.25, 0.3) is 0 Å². The molecule has 0 spiro atoms. The Kier molecular flexibility index (Phi) is 3.97. The fraction of sp³-hybridized carbons (Fsp3) is 0.857. The number of hydrogen-bond donors (Lipinski definition) is 1. The molecule has 0 aromatic carbocycles. The molecule has 0 unspecified atom stereocenters. The van der Waals surface area contributed by atoms with Crippen molar-refractivity contribution in [2.75, 3.05) is 14.2 Å². The van der Waals surface area contributed by atoms with Crippen molar-refractivity contribution in [1.29, 1.82) is 0 Å². The van der Waals surface area contributed by atoms with Gasteiger partial charge >= 0.3 is 0 Å². The first-order valence-corrected chi connectivity index (χ1v) is 7.02. The molecule has 1 fully saturated rings. The first-order valence-electron chi connectivity index (χ1n) is 7.02. The van der Waals surface area contributed by atoms with Crippen LogP contribution in [0.3, 0.4) is 0 Å². The van der Waals surface area contributed by atoms with Crippen molar-refractivity contribution in [2.45, 2.75) is 57.6 Å². The molecule has 108 valence electrons. The lowest BCUT2D eigenvalue weighted by Crippen LogP contribution is -2.36. The molecule has 0 saturated heterocycles. The third-order valence-electron chi connectivity index (χ3n) is 4.47. The zero-order valence-electron chi connectivity index (χ0n) is 12.6. The van der Waals surface area contributed by atoms with Gasteiger partial charge < -0.3 is 14.6 Å². The lowest BCUT2D eigenvalue weighted by atomic mass is 9.79. The molecular weight excluding hydrogens is 242 g/mol. The highest BCUT2D eigenvalue weighted by Gasteiger charge is 2.41. The molecule has 0 aliphatic heterocycles. The van der Waals surface area contributed by atoms with Crippen LogP contribution in [0.4, 0.5) is 0 Å². The Morgan fingerprint density at radius 2 is 2.00 bits per heavy atom. The van der Waals surface area contributed by atoms with E-state index in [1.54, 1.807) is 7.11 Å². The minimum atomic E-state index is -0.363. The van der Waals surface area contributed by atoms with E-state index >= 15 is 0 Å². The van der Waals surface area contributed by atoms with Gasteiger partial charge in [0.2, 0.25) is 11.7 Å². The van der Waals surface area contributed by atoms with Crippen LogP contribution in [-0.2, 0) is 15.9 Å². The van der Waals surface area contributed by atoms with Crippen molar-refractivity contribution in [3.63, 3.8) is 0 Å². The standard InChI is InChI=1S/C14H25N3O2/c1-10-6-8-14(18-5,9-7-10)11-16-12(19-17-11)13(2,3)15-4/h10,15H,6-9H2,1-5H3. The number of rotatable bonds is 4. The lowest BCUT2D eigenvalue weighted by molar-refractivity contribution is -0.0609. The van der Waals surface area contributed by atoms with Crippen molar-refractivity contribution < 1.29 is 9.26 Å². The van der Waals surface area contributed by atoms with Gasteiger partial charge in [-0.05, 0) is 52.5 Å². The molecule has 1 N–H and O–H groups in total. The molecule has 5 nitrogen and oxygen atoms in total. The summed E-state index contributed by atoms with van der Waals surface area (Å²) in [6.45, 7) is 6.32. The average molecular weight is 267 g/mol. The normalized spacial score (nSPS) is 28.6. The van der Waals surface area contributed by atoms with Gasteiger partial charge in [-0.25, -0.2) is 0 Å². The summed E-state index contributed by atoms with van der Waals surface area (Å²) in [6, 6.07) is 0. The van der Waals surface area contributed by atoms with Crippen molar-refractivity contribution >= 4 is 0 Å². The van der Waals surface area contributed by atoms with E-state index < -0.39 is 0 Å². The molecule has 1 aliphatic carbocycles. The molecule has 1 aromatic rings. The zero-order valence-corrected chi connectivity index (χ0v) is 12.6. The Balaban J connectivity index is 2.25. The van der Waals surface area contributed by atoms with Crippen molar-refractivity contribution in [2.24, 2.45) is 5.92 Å². The largest absolute Gasteiger partial charge is 0.370 e. The predicted octanol–water partition coefficient (Wildman–Crippen LogP) is 2.58. The van der Waals surface area contributed by atoms with E-state index in [0.717, 1.165) is 31.6 Å². The maximum absolute atomic E-state index is 5.77. The van der Waals surface area contributed by atoms with Gasteiger partial charge in [0, 0.05) is 7.11 Å². The highest BCUT2D eigenvalue weighted by Crippen LogP contribution is 2.41. The van der Waals surface area contributed by atoms with Gasteiger partial charge in [0.05, 0.1) is 5.54 Å². The molecule has 0 radical (unpaired) electrons. The summed E-state index contributed by atoms with van der Waals surface area (Å²) in [5.74, 6) is 2.06. The Hall–Kier alpha value is -0.940. The Morgan fingerprint density at radius 1 is 1.37 bits per heavy atom. The van der Waals surface area contributed by atoms with E-state index in [-0.39, 0.29) is 11.1 Å². The topological polar surface area (TPSA) is 60.2 Å². The molecule has 0 atom stereocenters. The fourth-order valence-corrected chi connectivity index (χ4v) is 2.52. The van der Waals surface area contributed by atoms with E-state index in [1.165, 1.54) is 0 Å². The molecule has 1 saturated carbocycles. The van der Waals surface area contributed by atoms with Crippen LogP contribution in [0.1, 0.15) is 58.2 Å². The number of aromatic nitrogens is 2. The van der Waals surface area contributed by atoms with Crippen LogP contribution in [0, 0.1) is 5.92 Å². The summed E-state index contributed by atoms with van der Waals surface area (Å²) >= 11 is 0. The third-order valence-corrected chi connectivity index (χ3v) is 4.47. The van der Waals surface area contributed by atoms with Crippen LogP contribution in [0.25, 0.3) is 0 Å². The summed E-state index contributed by atoms with van der Waals surface area (Å²) in [6.07, 6.45) is 4.22. The number of nitrogens with one attached hydrogen (secondary N) is 1. The molecule has 2 rings (SSSR count). The summed E-state index contributed by atoms with van der Waals surface area (Å²) in [5, 5.41) is 7.35. The minimum absolute atomic E-state index is 0.317. The second-order valence-corrected chi connectivity index (χ2v) is 6.18. The zero-order chi connectivity index (χ0) is 14.1. The van der Waals surface area contributed by atoms with E-state index in [4.69, 9.17) is 9.26 Å². The predicted molar refractivity (Wildman–Crippen MR) is 72.7 cm³/mol. The van der Waals surface area contributed by atoms with Gasteiger partial charge in [-0.3, -0.25) is 0 Å². The quantitative estimate of drug-likeness (QED) is 0.908. The monoisotopic (exact) mass is 267 g/mol. The van der Waals surface area contributed by atoms with Gasteiger partial charge in [-0.2, -0.15) is 4.98 Å². The third kappa shape index (κ3) is 2.67. The highest BCUT2D eigenvalue weighted by atomic mass is 16.5.